The second-order valence-electron chi connectivity index (χ2n) is 6.30. The standard InChI is InChI=1S/C20H24N2O4/c1-4-5-6-7-10-26-19(25)12-16-8-9-17-18(11-16)22(13-14(2)23)21-20(17)15(3)24/h4,8-9,11H,1,5-7,10,12-13H2,2-3H3. The van der Waals surface area contributed by atoms with Gasteiger partial charge in [-0.15, -0.1) is 6.58 Å². The molecule has 0 radical (unpaired) electrons. The molecular weight excluding hydrogens is 332 g/mol. The highest BCUT2D eigenvalue weighted by Gasteiger charge is 2.16. The van der Waals surface area contributed by atoms with Crippen LogP contribution in [0.4, 0.5) is 0 Å². The summed E-state index contributed by atoms with van der Waals surface area (Å²) in [5.41, 5.74) is 1.76. The first-order chi connectivity index (χ1) is 12.4. The third-order valence-electron chi connectivity index (χ3n) is 3.94. The molecule has 2 aromatic rings. The van der Waals surface area contributed by atoms with Crippen LogP contribution in [-0.2, 0) is 27.3 Å². The molecule has 0 aliphatic heterocycles. The molecule has 26 heavy (non-hydrogen) atoms. The zero-order chi connectivity index (χ0) is 19.1. The van der Waals surface area contributed by atoms with Crippen LogP contribution in [0, 0.1) is 0 Å². The zero-order valence-electron chi connectivity index (χ0n) is 15.3. The molecule has 1 aromatic heterocycles. The van der Waals surface area contributed by atoms with Crippen LogP contribution in [0.5, 0.6) is 0 Å². The average molecular weight is 356 g/mol. The zero-order valence-corrected chi connectivity index (χ0v) is 15.3. The van der Waals surface area contributed by atoms with Crippen molar-refractivity contribution >= 4 is 28.4 Å². The largest absolute Gasteiger partial charge is 0.465 e. The molecule has 0 bridgehead atoms. The summed E-state index contributed by atoms with van der Waals surface area (Å²) >= 11 is 0. The van der Waals surface area contributed by atoms with E-state index in [0.29, 0.717) is 23.2 Å². The van der Waals surface area contributed by atoms with Crippen LogP contribution < -0.4 is 0 Å². The first kappa shape index (κ1) is 19.6. The van der Waals surface area contributed by atoms with Gasteiger partial charge >= 0.3 is 5.97 Å². The summed E-state index contributed by atoms with van der Waals surface area (Å²) in [4.78, 5) is 35.2. The molecule has 0 N–H and O–H groups in total. The van der Waals surface area contributed by atoms with Gasteiger partial charge < -0.3 is 4.74 Å². The fourth-order valence-electron chi connectivity index (χ4n) is 2.72. The number of hydrogen-bond donors (Lipinski definition) is 0. The topological polar surface area (TPSA) is 78.3 Å². The lowest BCUT2D eigenvalue weighted by atomic mass is 10.1. The summed E-state index contributed by atoms with van der Waals surface area (Å²) in [5.74, 6) is -0.523. The number of carbonyl (C=O) groups excluding carboxylic acids is 3. The van der Waals surface area contributed by atoms with Crippen LogP contribution in [0.1, 0.15) is 49.2 Å². The summed E-state index contributed by atoms with van der Waals surface area (Å²) in [7, 11) is 0. The van der Waals surface area contributed by atoms with Crippen molar-refractivity contribution in [2.24, 2.45) is 0 Å². The number of Topliss-reactive ketones (excluding diaryl/α,β-unsaturated/α-hetero) is 2. The Bertz CT molecular complexity index is 836. The molecule has 0 amide bonds. The van der Waals surface area contributed by atoms with Gasteiger partial charge in [-0.05, 0) is 37.8 Å². The Morgan fingerprint density at radius 2 is 2.00 bits per heavy atom. The lowest BCUT2D eigenvalue weighted by Crippen LogP contribution is -2.10. The quantitative estimate of drug-likeness (QED) is 0.283. The number of unbranched alkanes of at least 4 members (excludes halogenated alkanes) is 2. The highest BCUT2D eigenvalue weighted by molar-refractivity contribution is 6.05. The molecule has 0 spiro atoms. The van der Waals surface area contributed by atoms with E-state index in [0.717, 1.165) is 24.8 Å². The van der Waals surface area contributed by atoms with Crippen molar-refractivity contribution < 1.29 is 19.1 Å². The van der Waals surface area contributed by atoms with Crippen LogP contribution in [0.3, 0.4) is 0 Å². The normalized spacial score (nSPS) is 10.7. The minimum absolute atomic E-state index is 0.0613. The number of rotatable bonds is 10. The van der Waals surface area contributed by atoms with Gasteiger partial charge in [-0.25, -0.2) is 0 Å². The molecule has 138 valence electrons. The van der Waals surface area contributed by atoms with Crippen LogP contribution >= 0.6 is 0 Å². The molecule has 2 rings (SSSR count). The SMILES string of the molecule is C=CCCCCOC(=O)Cc1ccc2c(C(C)=O)nn(CC(C)=O)c2c1. The van der Waals surface area contributed by atoms with Crippen molar-refractivity contribution in [1.29, 1.82) is 0 Å². The lowest BCUT2D eigenvalue weighted by Gasteiger charge is -2.06. The maximum Gasteiger partial charge on any atom is 0.310 e. The second-order valence-corrected chi connectivity index (χ2v) is 6.30. The Balaban J connectivity index is 2.14. The molecule has 6 heteroatoms. The number of benzene rings is 1. The van der Waals surface area contributed by atoms with Crippen LogP contribution in [-0.4, -0.2) is 33.9 Å². The number of hydrogen-bond acceptors (Lipinski definition) is 5. The van der Waals surface area contributed by atoms with Gasteiger partial charge in [-0.3, -0.25) is 19.1 Å². The van der Waals surface area contributed by atoms with Crippen molar-refractivity contribution in [2.75, 3.05) is 6.61 Å². The van der Waals surface area contributed by atoms with E-state index in [1.54, 1.807) is 18.2 Å². The fourth-order valence-corrected chi connectivity index (χ4v) is 2.72. The van der Waals surface area contributed by atoms with E-state index in [2.05, 4.69) is 11.7 Å². The smallest absolute Gasteiger partial charge is 0.310 e. The van der Waals surface area contributed by atoms with Gasteiger partial charge in [0.2, 0.25) is 0 Å². The lowest BCUT2D eigenvalue weighted by molar-refractivity contribution is -0.142. The van der Waals surface area contributed by atoms with Crippen molar-refractivity contribution in [3.63, 3.8) is 0 Å². The third-order valence-corrected chi connectivity index (χ3v) is 3.94. The maximum absolute atomic E-state index is 12.0. The third kappa shape index (κ3) is 5.12. The number of allylic oxidation sites excluding steroid dienone is 1. The molecule has 0 fully saturated rings. The number of aromatic nitrogens is 2. The molecule has 0 atom stereocenters. The van der Waals surface area contributed by atoms with E-state index in [4.69, 9.17) is 4.74 Å². The first-order valence-electron chi connectivity index (χ1n) is 8.68. The maximum atomic E-state index is 12.0. The molecule has 0 aliphatic carbocycles. The highest BCUT2D eigenvalue weighted by Crippen LogP contribution is 2.21. The molecule has 6 nitrogen and oxygen atoms in total. The Morgan fingerprint density at radius 1 is 1.23 bits per heavy atom. The predicted octanol–water partition coefficient (Wildman–Crippen LogP) is 3.27. The Labute approximate surface area is 152 Å². The van der Waals surface area contributed by atoms with Crippen LogP contribution in [0.15, 0.2) is 30.9 Å². The molecule has 1 aromatic carbocycles. The van der Waals surface area contributed by atoms with E-state index in [-0.39, 0.29) is 30.5 Å². The predicted molar refractivity (Wildman–Crippen MR) is 99.1 cm³/mol. The number of fused-ring (bicyclic) bond motifs is 1. The number of ketones is 2. The average Bonchev–Trinajstić information content (AvgIpc) is 2.92. The van der Waals surface area contributed by atoms with Gasteiger partial charge in [-0.1, -0.05) is 18.2 Å². The summed E-state index contributed by atoms with van der Waals surface area (Å²) in [6, 6.07) is 5.34. The molecule has 0 aliphatic rings. The Kier molecular flexibility index (Phi) is 6.83. The second kappa shape index (κ2) is 9.08. The molecular formula is C20H24N2O4. The van der Waals surface area contributed by atoms with Crippen molar-refractivity contribution in [2.45, 2.75) is 46.1 Å². The van der Waals surface area contributed by atoms with E-state index in [1.807, 2.05) is 6.08 Å². The number of esters is 1. The van der Waals surface area contributed by atoms with Gasteiger partial charge in [0.05, 0.1) is 25.1 Å². The van der Waals surface area contributed by atoms with Crippen LogP contribution in [0.25, 0.3) is 10.9 Å². The van der Waals surface area contributed by atoms with Crippen LogP contribution in [0.2, 0.25) is 0 Å². The highest BCUT2D eigenvalue weighted by atomic mass is 16.5. The molecule has 1 heterocycles. The summed E-state index contributed by atoms with van der Waals surface area (Å²) in [5, 5.41) is 4.93. The molecule has 0 saturated carbocycles. The van der Waals surface area contributed by atoms with Crippen molar-refractivity contribution in [3.05, 3.63) is 42.1 Å². The summed E-state index contributed by atoms with van der Waals surface area (Å²) in [6.07, 6.45) is 4.65. The van der Waals surface area contributed by atoms with Gasteiger partial charge in [0.15, 0.2) is 11.6 Å². The summed E-state index contributed by atoms with van der Waals surface area (Å²) < 4.78 is 6.75. The van der Waals surface area contributed by atoms with E-state index < -0.39 is 0 Å². The number of nitrogens with zero attached hydrogens (tertiary/aromatic N) is 2. The van der Waals surface area contributed by atoms with Gasteiger partial charge in [-0.2, -0.15) is 5.10 Å². The van der Waals surface area contributed by atoms with E-state index in [9.17, 15) is 14.4 Å². The van der Waals surface area contributed by atoms with Crippen molar-refractivity contribution in [3.8, 4) is 0 Å². The number of ether oxygens (including phenoxy) is 1. The van der Waals surface area contributed by atoms with E-state index in [1.165, 1.54) is 18.5 Å². The number of carbonyl (C=O) groups is 3. The molecule has 0 unspecified atom stereocenters. The minimum atomic E-state index is -0.299. The van der Waals surface area contributed by atoms with E-state index >= 15 is 0 Å². The summed E-state index contributed by atoms with van der Waals surface area (Å²) in [6.45, 7) is 7.04. The monoisotopic (exact) mass is 356 g/mol. The van der Waals surface area contributed by atoms with Gasteiger partial charge in [0, 0.05) is 12.3 Å². The fraction of sp³-hybridized carbons (Fsp3) is 0.400. The minimum Gasteiger partial charge on any atom is -0.465 e. The van der Waals surface area contributed by atoms with Gasteiger partial charge in [0.25, 0.3) is 0 Å². The van der Waals surface area contributed by atoms with Crippen molar-refractivity contribution in [1.82, 2.24) is 9.78 Å². The Hall–Kier alpha value is -2.76. The van der Waals surface area contributed by atoms with Gasteiger partial charge in [0.1, 0.15) is 5.69 Å². The first-order valence-corrected chi connectivity index (χ1v) is 8.68. The Morgan fingerprint density at radius 3 is 2.65 bits per heavy atom. The molecule has 0 saturated heterocycles.